The second-order valence-electron chi connectivity index (χ2n) is 4.27. The molecule has 0 radical (unpaired) electrons. The van der Waals surface area contributed by atoms with Crippen molar-refractivity contribution in [2.24, 2.45) is 12.5 Å². The molecule has 0 aromatic carbocycles. The highest BCUT2D eigenvalue weighted by atomic mass is 15.4. The standard InChI is InChI=1S/C9H14N4/c1-12-8(2-3-11-12)13-6-9(7-13)4-10-5-9/h2-3,10H,4-7H2,1H3. The average molecular weight is 178 g/mol. The molecule has 0 aliphatic carbocycles. The number of hydrogen-bond acceptors (Lipinski definition) is 3. The van der Waals surface area contributed by atoms with Gasteiger partial charge in [-0.25, -0.2) is 0 Å². The highest BCUT2D eigenvalue weighted by molar-refractivity contribution is 5.44. The lowest BCUT2D eigenvalue weighted by atomic mass is 9.74. The summed E-state index contributed by atoms with van der Waals surface area (Å²) < 4.78 is 1.94. The maximum absolute atomic E-state index is 4.17. The van der Waals surface area contributed by atoms with Gasteiger partial charge >= 0.3 is 0 Å². The van der Waals surface area contributed by atoms with Crippen molar-refractivity contribution in [3.05, 3.63) is 12.3 Å². The van der Waals surface area contributed by atoms with E-state index < -0.39 is 0 Å². The molecule has 13 heavy (non-hydrogen) atoms. The van der Waals surface area contributed by atoms with Gasteiger partial charge in [-0.1, -0.05) is 0 Å². The Bertz CT molecular complexity index is 318. The minimum absolute atomic E-state index is 0.601. The van der Waals surface area contributed by atoms with E-state index in [1.54, 1.807) is 0 Å². The van der Waals surface area contributed by atoms with E-state index in [9.17, 15) is 0 Å². The third-order valence-electron chi connectivity index (χ3n) is 3.17. The summed E-state index contributed by atoms with van der Waals surface area (Å²) in [6, 6.07) is 2.08. The van der Waals surface area contributed by atoms with Crippen molar-refractivity contribution >= 4 is 5.82 Å². The minimum atomic E-state index is 0.601. The fourth-order valence-corrected chi connectivity index (χ4v) is 2.30. The molecule has 3 heterocycles. The Morgan fingerprint density at radius 1 is 1.46 bits per heavy atom. The summed E-state index contributed by atoms with van der Waals surface area (Å²) >= 11 is 0. The average Bonchev–Trinajstić information content (AvgIpc) is 2.30. The molecule has 0 bridgehead atoms. The molecule has 70 valence electrons. The zero-order valence-corrected chi connectivity index (χ0v) is 7.82. The Morgan fingerprint density at radius 3 is 2.69 bits per heavy atom. The Labute approximate surface area is 77.5 Å². The summed E-state index contributed by atoms with van der Waals surface area (Å²) in [5, 5.41) is 7.51. The van der Waals surface area contributed by atoms with Crippen LogP contribution in [0.2, 0.25) is 0 Å². The topological polar surface area (TPSA) is 33.1 Å². The molecule has 0 saturated carbocycles. The fraction of sp³-hybridized carbons (Fsp3) is 0.667. The van der Waals surface area contributed by atoms with Crippen LogP contribution in [0.4, 0.5) is 5.82 Å². The van der Waals surface area contributed by atoms with Gasteiger partial charge in [-0.05, 0) is 0 Å². The van der Waals surface area contributed by atoms with Crippen molar-refractivity contribution < 1.29 is 0 Å². The Balaban J connectivity index is 1.73. The number of rotatable bonds is 1. The van der Waals surface area contributed by atoms with E-state index in [2.05, 4.69) is 21.4 Å². The van der Waals surface area contributed by atoms with Crippen LogP contribution in [0.3, 0.4) is 0 Å². The predicted octanol–water partition coefficient (Wildman–Crippen LogP) is -0.170. The normalized spacial score (nSPS) is 24.2. The van der Waals surface area contributed by atoms with Crippen molar-refractivity contribution in [3.8, 4) is 0 Å². The summed E-state index contributed by atoms with van der Waals surface area (Å²) in [7, 11) is 2.00. The highest BCUT2D eigenvalue weighted by Gasteiger charge is 2.48. The van der Waals surface area contributed by atoms with E-state index in [0.717, 1.165) is 0 Å². The molecule has 1 spiro atoms. The molecule has 2 fully saturated rings. The zero-order chi connectivity index (χ0) is 8.89. The Hall–Kier alpha value is -1.03. The number of hydrogen-bond donors (Lipinski definition) is 1. The number of nitrogens with zero attached hydrogens (tertiary/aromatic N) is 3. The van der Waals surface area contributed by atoms with Gasteiger partial charge in [0.05, 0.1) is 6.20 Å². The van der Waals surface area contributed by atoms with Crippen molar-refractivity contribution in [2.75, 3.05) is 31.1 Å². The van der Waals surface area contributed by atoms with Crippen LogP contribution in [0.5, 0.6) is 0 Å². The van der Waals surface area contributed by atoms with E-state index in [-0.39, 0.29) is 0 Å². The first-order chi connectivity index (χ1) is 6.29. The molecular weight excluding hydrogens is 164 g/mol. The minimum Gasteiger partial charge on any atom is -0.355 e. The molecule has 2 saturated heterocycles. The molecule has 2 aliphatic heterocycles. The largest absolute Gasteiger partial charge is 0.355 e. The van der Waals surface area contributed by atoms with Crippen LogP contribution in [0.15, 0.2) is 12.3 Å². The van der Waals surface area contributed by atoms with Crippen LogP contribution in [0.25, 0.3) is 0 Å². The first-order valence-corrected chi connectivity index (χ1v) is 4.73. The number of aromatic nitrogens is 2. The van der Waals surface area contributed by atoms with Crippen molar-refractivity contribution in [2.45, 2.75) is 0 Å². The molecule has 2 aliphatic rings. The molecule has 1 aromatic heterocycles. The van der Waals surface area contributed by atoms with Gasteiger partial charge in [0.2, 0.25) is 0 Å². The van der Waals surface area contributed by atoms with Gasteiger partial charge in [-0.2, -0.15) is 5.10 Å². The fourth-order valence-electron chi connectivity index (χ4n) is 2.30. The van der Waals surface area contributed by atoms with Crippen LogP contribution in [0.1, 0.15) is 0 Å². The molecule has 0 atom stereocenters. The first kappa shape index (κ1) is 7.38. The van der Waals surface area contributed by atoms with Gasteiger partial charge in [-0.15, -0.1) is 0 Å². The maximum Gasteiger partial charge on any atom is 0.126 e. The Kier molecular flexibility index (Phi) is 1.28. The summed E-state index contributed by atoms with van der Waals surface area (Å²) in [6.07, 6.45) is 1.86. The van der Waals surface area contributed by atoms with Crippen LogP contribution < -0.4 is 10.2 Å². The molecular formula is C9H14N4. The summed E-state index contributed by atoms with van der Waals surface area (Å²) in [6.45, 7) is 4.78. The second-order valence-corrected chi connectivity index (χ2v) is 4.27. The lowest BCUT2D eigenvalue weighted by Crippen LogP contribution is -2.71. The molecule has 4 nitrogen and oxygen atoms in total. The maximum atomic E-state index is 4.17. The summed E-state index contributed by atoms with van der Waals surface area (Å²) in [5.41, 5.74) is 0.601. The second kappa shape index (κ2) is 2.26. The molecule has 4 heteroatoms. The lowest BCUT2D eigenvalue weighted by Gasteiger charge is -2.56. The van der Waals surface area contributed by atoms with Gasteiger partial charge in [0.1, 0.15) is 5.82 Å². The first-order valence-electron chi connectivity index (χ1n) is 4.73. The lowest BCUT2D eigenvalue weighted by molar-refractivity contribution is 0.119. The zero-order valence-electron chi connectivity index (χ0n) is 7.82. The summed E-state index contributed by atoms with van der Waals surface area (Å²) in [5.74, 6) is 1.25. The van der Waals surface area contributed by atoms with Crippen molar-refractivity contribution in [1.29, 1.82) is 0 Å². The molecule has 1 aromatic rings. The van der Waals surface area contributed by atoms with Gasteiger partial charge in [0.15, 0.2) is 0 Å². The monoisotopic (exact) mass is 178 g/mol. The van der Waals surface area contributed by atoms with Crippen LogP contribution in [0, 0.1) is 5.41 Å². The molecule has 0 amide bonds. The molecule has 0 unspecified atom stereocenters. The van der Waals surface area contributed by atoms with Crippen molar-refractivity contribution in [1.82, 2.24) is 15.1 Å². The summed E-state index contributed by atoms with van der Waals surface area (Å²) in [4.78, 5) is 2.40. The van der Waals surface area contributed by atoms with Gasteiger partial charge < -0.3 is 10.2 Å². The number of nitrogens with one attached hydrogen (secondary N) is 1. The molecule has 3 rings (SSSR count). The van der Waals surface area contributed by atoms with Crippen LogP contribution in [-0.4, -0.2) is 36.0 Å². The van der Waals surface area contributed by atoms with Gasteiger partial charge in [0.25, 0.3) is 0 Å². The van der Waals surface area contributed by atoms with E-state index in [1.165, 1.54) is 32.0 Å². The Morgan fingerprint density at radius 2 is 2.23 bits per heavy atom. The van der Waals surface area contributed by atoms with E-state index in [0.29, 0.717) is 5.41 Å². The van der Waals surface area contributed by atoms with Crippen LogP contribution >= 0.6 is 0 Å². The predicted molar refractivity (Wildman–Crippen MR) is 50.7 cm³/mol. The molecule has 1 N–H and O–H groups in total. The third kappa shape index (κ3) is 0.920. The van der Waals surface area contributed by atoms with Gasteiger partial charge in [-0.3, -0.25) is 4.68 Å². The number of anilines is 1. The SMILES string of the molecule is Cn1nccc1N1CC2(CNC2)C1. The highest BCUT2D eigenvalue weighted by Crippen LogP contribution is 2.36. The number of aryl methyl sites for hydroxylation is 1. The third-order valence-corrected chi connectivity index (χ3v) is 3.17. The quantitative estimate of drug-likeness (QED) is 0.648. The smallest absolute Gasteiger partial charge is 0.126 e. The van der Waals surface area contributed by atoms with Gasteiger partial charge in [0, 0.05) is 44.7 Å². The van der Waals surface area contributed by atoms with E-state index in [1.807, 2.05) is 17.9 Å². The van der Waals surface area contributed by atoms with Crippen molar-refractivity contribution in [3.63, 3.8) is 0 Å². The van der Waals surface area contributed by atoms with E-state index >= 15 is 0 Å². The van der Waals surface area contributed by atoms with Crippen LogP contribution in [-0.2, 0) is 7.05 Å². The van der Waals surface area contributed by atoms with E-state index in [4.69, 9.17) is 0 Å².